The minimum Gasteiger partial charge on any atom is -0.494 e. The number of ketones is 1. The molecule has 34 heavy (non-hydrogen) atoms. The summed E-state index contributed by atoms with van der Waals surface area (Å²) in [5, 5.41) is 5.42. The molecular formula is C24H23N3O5S2. The summed E-state index contributed by atoms with van der Waals surface area (Å²) in [7, 11) is -3.79. The van der Waals surface area contributed by atoms with Crippen LogP contribution in [0, 0.1) is 0 Å². The summed E-state index contributed by atoms with van der Waals surface area (Å²) < 4.78 is 33.2. The van der Waals surface area contributed by atoms with E-state index in [4.69, 9.17) is 17.0 Å². The number of Topliss-reactive ketones (excluding diaryl/α,β-unsaturated/α-hetero) is 1. The third kappa shape index (κ3) is 6.63. The number of carbonyl (C=O) groups excluding carboxylic acids is 2. The Morgan fingerprint density at radius 3 is 1.97 bits per heavy atom. The van der Waals surface area contributed by atoms with Gasteiger partial charge in [-0.15, -0.1) is 0 Å². The summed E-state index contributed by atoms with van der Waals surface area (Å²) >= 11 is 5.16. The molecule has 0 radical (unpaired) electrons. The van der Waals surface area contributed by atoms with Gasteiger partial charge in [0.05, 0.1) is 11.5 Å². The largest absolute Gasteiger partial charge is 0.494 e. The Morgan fingerprint density at radius 2 is 1.41 bits per heavy atom. The number of thiocarbonyl (C=S) groups is 1. The maximum absolute atomic E-state index is 12.6. The van der Waals surface area contributed by atoms with Crippen molar-refractivity contribution >= 4 is 50.4 Å². The Hall–Kier alpha value is -3.76. The Labute approximate surface area is 203 Å². The molecule has 0 unspecified atom stereocenters. The van der Waals surface area contributed by atoms with Crippen LogP contribution < -0.4 is 20.1 Å². The number of carbonyl (C=O) groups is 2. The molecule has 0 saturated heterocycles. The maximum atomic E-state index is 12.6. The number of anilines is 2. The monoisotopic (exact) mass is 497 g/mol. The molecule has 0 heterocycles. The lowest BCUT2D eigenvalue weighted by Gasteiger charge is -2.12. The summed E-state index contributed by atoms with van der Waals surface area (Å²) in [6.07, 6.45) is 0. The number of hydrogen-bond donors (Lipinski definition) is 3. The third-order valence-corrected chi connectivity index (χ3v) is 6.22. The van der Waals surface area contributed by atoms with Gasteiger partial charge < -0.3 is 10.1 Å². The maximum Gasteiger partial charge on any atom is 0.261 e. The molecule has 3 aromatic rings. The molecule has 0 aromatic heterocycles. The van der Waals surface area contributed by atoms with Crippen molar-refractivity contribution < 1.29 is 22.7 Å². The number of nitrogens with one attached hydrogen (secondary N) is 3. The van der Waals surface area contributed by atoms with Gasteiger partial charge in [-0.25, -0.2) is 8.42 Å². The first-order chi connectivity index (χ1) is 16.2. The molecule has 0 aliphatic heterocycles. The lowest BCUT2D eigenvalue weighted by molar-refractivity contribution is 0.0974. The van der Waals surface area contributed by atoms with E-state index in [0.717, 1.165) is 0 Å². The van der Waals surface area contributed by atoms with Crippen molar-refractivity contribution in [2.45, 2.75) is 18.7 Å². The molecule has 8 nitrogen and oxygen atoms in total. The normalized spacial score (nSPS) is 10.8. The molecule has 0 bridgehead atoms. The topological polar surface area (TPSA) is 114 Å². The summed E-state index contributed by atoms with van der Waals surface area (Å²) in [6, 6.07) is 18.7. The summed E-state index contributed by atoms with van der Waals surface area (Å²) in [6.45, 7) is 3.83. The highest BCUT2D eigenvalue weighted by Gasteiger charge is 2.15. The number of sulfonamides is 1. The number of rotatable bonds is 8. The fraction of sp³-hybridized carbons (Fsp3) is 0.125. The van der Waals surface area contributed by atoms with E-state index in [2.05, 4.69) is 15.4 Å². The van der Waals surface area contributed by atoms with Crippen LogP contribution >= 0.6 is 12.2 Å². The van der Waals surface area contributed by atoms with Crippen molar-refractivity contribution in [2.24, 2.45) is 0 Å². The zero-order valence-electron chi connectivity index (χ0n) is 18.5. The number of ether oxygens (including phenoxy) is 1. The van der Waals surface area contributed by atoms with Gasteiger partial charge in [0.1, 0.15) is 5.75 Å². The van der Waals surface area contributed by atoms with Gasteiger partial charge in [0.2, 0.25) is 0 Å². The zero-order chi connectivity index (χ0) is 24.7. The fourth-order valence-electron chi connectivity index (χ4n) is 2.91. The van der Waals surface area contributed by atoms with E-state index in [9.17, 15) is 18.0 Å². The van der Waals surface area contributed by atoms with Crippen LogP contribution in [0.3, 0.4) is 0 Å². The molecule has 3 aromatic carbocycles. The summed E-state index contributed by atoms with van der Waals surface area (Å²) in [5.41, 5.74) is 1.75. The van der Waals surface area contributed by atoms with E-state index in [1.54, 1.807) is 36.4 Å². The highest BCUT2D eigenvalue weighted by atomic mass is 32.2. The molecule has 0 saturated carbocycles. The zero-order valence-corrected chi connectivity index (χ0v) is 20.1. The molecule has 0 aliphatic carbocycles. The Bertz CT molecular complexity index is 1290. The van der Waals surface area contributed by atoms with Crippen molar-refractivity contribution in [1.82, 2.24) is 5.32 Å². The first-order valence-electron chi connectivity index (χ1n) is 10.3. The van der Waals surface area contributed by atoms with Crippen LogP contribution in [0.5, 0.6) is 5.75 Å². The van der Waals surface area contributed by atoms with E-state index >= 15 is 0 Å². The summed E-state index contributed by atoms with van der Waals surface area (Å²) in [4.78, 5) is 23.7. The quantitative estimate of drug-likeness (QED) is 0.315. The molecule has 3 N–H and O–H groups in total. The van der Waals surface area contributed by atoms with Gasteiger partial charge in [0.25, 0.3) is 15.9 Å². The second-order valence-electron chi connectivity index (χ2n) is 7.13. The van der Waals surface area contributed by atoms with Crippen LogP contribution in [-0.4, -0.2) is 31.8 Å². The van der Waals surface area contributed by atoms with Gasteiger partial charge in [0.15, 0.2) is 10.9 Å². The van der Waals surface area contributed by atoms with Crippen molar-refractivity contribution in [2.75, 3.05) is 16.6 Å². The van der Waals surface area contributed by atoms with Crippen molar-refractivity contribution in [3.8, 4) is 5.75 Å². The predicted molar refractivity (Wildman–Crippen MR) is 135 cm³/mol. The third-order valence-electron chi connectivity index (χ3n) is 4.62. The van der Waals surface area contributed by atoms with E-state index in [1.165, 1.54) is 43.3 Å². The molecule has 3 rings (SSSR count). The fourth-order valence-corrected chi connectivity index (χ4v) is 4.18. The van der Waals surface area contributed by atoms with Crippen LogP contribution in [-0.2, 0) is 10.0 Å². The summed E-state index contributed by atoms with van der Waals surface area (Å²) in [5.74, 6) is 0.118. The average molecular weight is 498 g/mol. The second kappa shape index (κ2) is 10.9. The highest BCUT2D eigenvalue weighted by Crippen LogP contribution is 2.21. The van der Waals surface area contributed by atoms with E-state index in [1.807, 2.05) is 6.92 Å². The average Bonchev–Trinajstić information content (AvgIpc) is 2.80. The predicted octanol–water partition coefficient (Wildman–Crippen LogP) is 4.22. The van der Waals surface area contributed by atoms with Gasteiger partial charge in [0, 0.05) is 22.5 Å². The van der Waals surface area contributed by atoms with Gasteiger partial charge in [-0.3, -0.25) is 19.6 Å². The SMILES string of the molecule is CCOc1ccc(NS(=O)(=O)c2ccc(NC(=S)NC(=O)c3ccc(C(C)=O)cc3)cc2)cc1. The minimum absolute atomic E-state index is 0.0452. The molecule has 0 spiro atoms. The first-order valence-corrected chi connectivity index (χ1v) is 12.2. The van der Waals surface area contributed by atoms with E-state index < -0.39 is 15.9 Å². The lowest BCUT2D eigenvalue weighted by Crippen LogP contribution is -2.34. The van der Waals surface area contributed by atoms with Crippen LogP contribution in [0.1, 0.15) is 34.6 Å². The molecule has 10 heteroatoms. The van der Waals surface area contributed by atoms with Crippen LogP contribution in [0.2, 0.25) is 0 Å². The van der Waals surface area contributed by atoms with Crippen molar-refractivity contribution in [1.29, 1.82) is 0 Å². The van der Waals surface area contributed by atoms with Crippen molar-refractivity contribution in [3.05, 3.63) is 83.9 Å². The molecule has 0 aliphatic rings. The van der Waals surface area contributed by atoms with Crippen LogP contribution in [0.15, 0.2) is 77.7 Å². The molecule has 0 fully saturated rings. The molecular weight excluding hydrogens is 474 g/mol. The number of amides is 1. The van der Waals surface area contributed by atoms with E-state index in [-0.39, 0.29) is 15.8 Å². The Morgan fingerprint density at radius 1 is 0.853 bits per heavy atom. The number of benzene rings is 3. The Balaban J connectivity index is 1.59. The second-order valence-corrected chi connectivity index (χ2v) is 9.22. The van der Waals surface area contributed by atoms with Crippen LogP contribution in [0.25, 0.3) is 0 Å². The highest BCUT2D eigenvalue weighted by molar-refractivity contribution is 7.92. The van der Waals surface area contributed by atoms with Crippen molar-refractivity contribution in [3.63, 3.8) is 0 Å². The van der Waals surface area contributed by atoms with Gasteiger partial charge in [-0.05, 0) is 86.7 Å². The first kappa shape index (κ1) is 24.9. The van der Waals surface area contributed by atoms with Gasteiger partial charge in [-0.1, -0.05) is 12.1 Å². The lowest BCUT2D eigenvalue weighted by atomic mass is 10.1. The molecule has 1 amide bonds. The standard InChI is InChI=1S/C24H23N3O5S2/c1-3-32-21-12-8-20(9-13-21)27-34(30,31)22-14-10-19(11-15-22)25-24(33)26-23(29)18-6-4-17(5-7-18)16(2)28/h4-15,27H,3H2,1-2H3,(H2,25,26,29,33). The molecule has 176 valence electrons. The number of hydrogen-bond acceptors (Lipinski definition) is 6. The van der Waals surface area contributed by atoms with Crippen LogP contribution in [0.4, 0.5) is 11.4 Å². The molecule has 0 atom stereocenters. The van der Waals surface area contributed by atoms with Gasteiger partial charge in [-0.2, -0.15) is 0 Å². The smallest absolute Gasteiger partial charge is 0.261 e. The minimum atomic E-state index is -3.79. The Kier molecular flexibility index (Phi) is 7.98. The van der Waals surface area contributed by atoms with E-state index in [0.29, 0.717) is 34.9 Å². The van der Waals surface area contributed by atoms with Gasteiger partial charge >= 0.3 is 0 Å².